The molecule has 0 fully saturated rings. The van der Waals surface area contributed by atoms with Gasteiger partial charge in [0.25, 0.3) is 5.91 Å². The second-order valence-corrected chi connectivity index (χ2v) is 8.84. The topological polar surface area (TPSA) is 64.1 Å². The number of ether oxygens (including phenoxy) is 1. The number of fused-ring (bicyclic) bond motifs is 2. The summed E-state index contributed by atoms with van der Waals surface area (Å²) in [6, 6.07) is 23.1. The Bertz CT molecular complexity index is 1520. The minimum absolute atomic E-state index is 0. The molecule has 0 spiro atoms. The minimum atomic E-state index is -0.192. The van der Waals surface area contributed by atoms with Gasteiger partial charge in [0.05, 0.1) is 5.52 Å². The summed E-state index contributed by atoms with van der Waals surface area (Å²) in [5, 5.41) is 6.20. The van der Waals surface area contributed by atoms with Crippen LogP contribution in [-0.4, -0.2) is 22.1 Å². The van der Waals surface area contributed by atoms with Gasteiger partial charge >= 0.3 is 0 Å². The number of carbonyl (C=O) groups is 1. The van der Waals surface area contributed by atoms with Crippen LogP contribution in [0.1, 0.15) is 21.6 Å². The third kappa shape index (κ3) is 5.90. The van der Waals surface area contributed by atoms with Gasteiger partial charge in [-0.05, 0) is 61.0 Å². The van der Waals surface area contributed by atoms with Gasteiger partial charge in [-0.25, -0.2) is 0 Å². The highest BCUT2D eigenvalue weighted by Gasteiger charge is 2.10. The monoisotopic (exact) mass is 537 g/mol. The van der Waals surface area contributed by atoms with Crippen LogP contribution in [0.4, 0.5) is 5.69 Å². The van der Waals surface area contributed by atoms with Gasteiger partial charge in [-0.2, -0.15) is 0 Å². The maximum absolute atomic E-state index is 13.0. The van der Waals surface area contributed by atoms with Crippen LogP contribution >= 0.6 is 36.6 Å². The number of amides is 1. The van der Waals surface area contributed by atoms with Gasteiger partial charge in [0.1, 0.15) is 12.4 Å². The lowest BCUT2D eigenvalue weighted by Crippen LogP contribution is -2.12. The Morgan fingerprint density at radius 2 is 1.78 bits per heavy atom. The Labute approximate surface area is 226 Å². The zero-order valence-corrected chi connectivity index (χ0v) is 22.2. The van der Waals surface area contributed by atoms with Crippen molar-refractivity contribution in [1.29, 1.82) is 0 Å². The van der Waals surface area contributed by atoms with E-state index in [2.05, 4.69) is 27.4 Å². The lowest BCUT2D eigenvalue weighted by Gasteiger charge is -2.11. The van der Waals surface area contributed by atoms with Gasteiger partial charge in [-0.3, -0.25) is 14.8 Å². The number of benzene rings is 3. The Kier molecular flexibility index (Phi) is 9.15. The van der Waals surface area contributed by atoms with Gasteiger partial charge in [0, 0.05) is 50.6 Å². The summed E-state index contributed by atoms with van der Waals surface area (Å²) < 4.78 is 6.01. The fraction of sp³-hybridized carbons (Fsp3) is 0.107. The lowest BCUT2D eigenvalue weighted by molar-refractivity contribution is 0.102. The standard InChI is InChI=1S/C28H23N3O2S.2ClH/c1-18-12-27(34-2)25-14-22(10-11-26(25)30-18)31-28(32)19-7-5-8-23(13-19)33-17-21-16-29-15-20-6-3-4-9-24(20)21;;/h3-16H,17H2,1-2H3,(H,31,32);2*1H. The first-order valence-corrected chi connectivity index (χ1v) is 12.1. The Balaban J connectivity index is 0.00000180. The first kappa shape index (κ1) is 27.3. The van der Waals surface area contributed by atoms with Crippen molar-refractivity contribution >= 4 is 69.8 Å². The molecule has 0 aliphatic carbocycles. The largest absolute Gasteiger partial charge is 0.489 e. The number of hydrogen-bond donors (Lipinski definition) is 1. The highest BCUT2D eigenvalue weighted by molar-refractivity contribution is 7.98. The molecule has 0 unspecified atom stereocenters. The molecule has 2 aromatic heterocycles. The predicted octanol–water partition coefficient (Wildman–Crippen LogP) is 7.49. The van der Waals surface area contributed by atoms with E-state index in [1.807, 2.05) is 74.1 Å². The summed E-state index contributed by atoms with van der Waals surface area (Å²) in [5.41, 5.74) is 4.15. The van der Waals surface area contributed by atoms with Crippen LogP contribution in [-0.2, 0) is 6.61 Å². The predicted molar refractivity (Wildman–Crippen MR) is 153 cm³/mol. The van der Waals surface area contributed by atoms with Crippen LogP contribution < -0.4 is 10.1 Å². The molecular weight excluding hydrogens is 513 g/mol. The molecule has 2 heterocycles. The highest BCUT2D eigenvalue weighted by Crippen LogP contribution is 2.29. The fourth-order valence-corrected chi connectivity index (χ4v) is 4.62. The molecule has 1 N–H and O–H groups in total. The number of nitrogens with zero attached hydrogens (tertiary/aromatic N) is 2. The molecule has 0 bridgehead atoms. The third-order valence-electron chi connectivity index (χ3n) is 5.62. The van der Waals surface area contributed by atoms with Crippen LogP contribution in [0.25, 0.3) is 21.7 Å². The van der Waals surface area contributed by atoms with Crippen LogP contribution in [0.15, 0.2) is 90.1 Å². The maximum atomic E-state index is 13.0. The second kappa shape index (κ2) is 12.1. The van der Waals surface area contributed by atoms with E-state index < -0.39 is 0 Å². The van der Waals surface area contributed by atoms with Crippen molar-refractivity contribution in [3.63, 3.8) is 0 Å². The summed E-state index contributed by atoms with van der Waals surface area (Å²) in [7, 11) is 0. The number of aromatic nitrogens is 2. The number of nitrogens with one attached hydrogen (secondary N) is 1. The molecule has 0 saturated carbocycles. The van der Waals surface area contributed by atoms with Gasteiger partial charge in [0.2, 0.25) is 0 Å². The first-order valence-electron chi connectivity index (χ1n) is 10.9. The van der Waals surface area contributed by atoms with Crippen molar-refractivity contribution in [3.05, 3.63) is 102 Å². The van der Waals surface area contributed by atoms with E-state index in [4.69, 9.17) is 4.74 Å². The maximum Gasteiger partial charge on any atom is 0.255 e. The molecule has 0 atom stereocenters. The molecular formula is C28H25Cl2N3O2S. The van der Waals surface area contributed by atoms with Gasteiger partial charge in [-0.1, -0.05) is 30.3 Å². The molecule has 0 aliphatic rings. The van der Waals surface area contributed by atoms with E-state index in [9.17, 15) is 4.79 Å². The second-order valence-electron chi connectivity index (χ2n) is 7.99. The van der Waals surface area contributed by atoms with Crippen LogP contribution in [0.5, 0.6) is 5.75 Å². The average Bonchev–Trinajstić information content (AvgIpc) is 2.87. The molecule has 3 aromatic carbocycles. The number of carbonyl (C=O) groups excluding carboxylic acids is 1. The van der Waals surface area contributed by atoms with Crippen molar-refractivity contribution in [1.82, 2.24) is 9.97 Å². The summed E-state index contributed by atoms with van der Waals surface area (Å²) in [4.78, 5) is 23.0. The number of rotatable bonds is 6. The summed E-state index contributed by atoms with van der Waals surface area (Å²) in [6.45, 7) is 2.36. The van der Waals surface area contributed by atoms with E-state index in [1.54, 1.807) is 23.9 Å². The number of aryl methyl sites for hydroxylation is 1. The molecule has 1 amide bonds. The summed E-state index contributed by atoms with van der Waals surface area (Å²) in [6.07, 6.45) is 5.70. The minimum Gasteiger partial charge on any atom is -0.489 e. The van der Waals surface area contributed by atoms with E-state index in [-0.39, 0.29) is 30.7 Å². The number of thioether (sulfide) groups is 1. The van der Waals surface area contributed by atoms with Crippen molar-refractivity contribution in [2.75, 3.05) is 11.6 Å². The van der Waals surface area contributed by atoms with Crippen LogP contribution in [0.2, 0.25) is 0 Å². The lowest BCUT2D eigenvalue weighted by atomic mass is 10.1. The quantitative estimate of drug-likeness (QED) is 0.227. The number of halogens is 2. The van der Waals surface area contributed by atoms with Crippen LogP contribution in [0.3, 0.4) is 0 Å². The summed E-state index contributed by atoms with van der Waals surface area (Å²) in [5.74, 6) is 0.436. The molecule has 5 nitrogen and oxygen atoms in total. The van der Waals surface area contributed by atoms with Crippen molar-refractivity contribution in [2.24, 2.45) is 0 Å². The number of anilines is 1. The number of hydrogen-bond acceptors (Lipinski definition) is 5. The van der Waals surface area contributed by atoms with E-state index in [1.165, 1.54) is 0 Å². The Hall–Kier alpha value is -3.32. The fourth-order valence-electron chi connectivity index (χ4n) is 3.95. The Morgan fingerprint density at radius 1 is 0.944 bits per heavy atom. The molecule has 0 radical (unpaired) electrons. The van der Waals surface area contributed by atoms with Gasteiger partial charge in [0.15, 0.2) is 0 Å². The normalized spacial score (nSPS) is 10.4. The SMILES string of the molecule is CSc1cc(C)nc2ccc(NC(=O)c3cccc(OCc4cncc5ccccc45)c3)cc12.Cl.Cl. The van der Waals surface area contributed by atoms with Gasteiger partial charge < -0.3 is 10.1 Å². The van der Waals surface area contributed by atoms with Crippen molar-refractivity contribution < 1.29 is 9.53 Å². The van der Waals surface area contributed by atoms with Crippen molar-refractivity contribution in [3.8, 4) is 5.75 Å². The molecule has 36 heavy (non-hydrogen) atoms. The van der Waals surface area contributed by atoms with Gasteiger partial charge in [-0.15, -0.1) is 36.6 Å². The van der Waals surface area contributed by atoms with E-state index in [0.29, 0.717) is 17.9 Å². The molecule has 5 aromatic rings. The zero-order chi connectivity index (χ0) is 23.5. The summed E-state index contributed by atoms with van der Waals surface area (Å²) >= 11 is 1.67. The zero-order valence-electron chi connectivity index (χ0n) is 19.7. The molecule has 8 heteroatoms. The molecule has 5 rings (SSSR count). The van der Waals surface area contributed by atoms with Crippen LogP contribution in [0, 0.1) is 6.92 Å². The third-order valence-corrected chi connectivity index (χ3v) is 6.40. The molecule has 0 aliphatic heterocycles. The first-order chi connectivity index (χ1) is 16.6. The van der Waals surface area contributed by atoms with E-state index in [0.717, 1.165) is 43.5 Å². The highest BCUT2D eigenvalue weighted by atomic mass is 35.5. The Morgan fingerprint density at radius 3 is 2.61 bits per heavy atom. The van der Waals surface area contributed by atoms with E-state index >= 15 is 0 Å². The molecule has 0 saturated heterocycles. The number of pyridine rings is 2. The molecule has 184 valence electrons. The van der Waals surface area contributed by atoms with Crippen molar-refractivity contribution in [2.45, 2.75) is 18.4 Å². The average molecular weight is 539 g/mol. The smallest absolute Gasteiger partial charge is 0.255 e.